The summed E-state index contributed by atoms with van der Waals surface area (Å²) in [6, 6.07) is 14.7. The Morgan fingerprint density at radius 1 is 1.23 bits per heavy atom. The Morgan fingerprint density at radius 3 is 2.80 bits per heavy atom. The highest BCUT2D eigenvalue weighted by Gasteiger charge is 2.16. The molecule has 0 aliphatic heterocycles. The van der Waals surface area contributed by atoms with Crippen LogP contribution in [0.1, 0.15) is 5.56 Å². The molecule has 0 radical (unpaired) electrons. The molecule has 0 saturated carbocycles. The van der Waals surface area contributed by atoms with Gasteiger partial charge in [0.25, 0.3) is 5.56 Å². The number of aromatic amines is 1. The number of rotatable bonds is 6. The van der Waals surface area contributed by atoms with Gasteiger partial charge in [-0.15, -0.1) is 11.3 Å². The van der Waals surface area contributed by atoms with Crippen molar-refractivity contribution < 1.29 is 9.21 Å². The second kappa shape index (κ2) is 8.77. The van der Waals surface area contributed by atoms with Gasteiger partial charge in [0.2, 0.25) is 5.91 Å². The maximum atomic E-state index is 12.3. The number of amides is 1. The van der Waals surface area contributed by atoms with Gasteiger partial charge < -0.3 is 14.7 Å². The fourth-order valence-electron chi connectivity index (χ4n) is 2.58. The number of nitriles is 1. The molecule has 3 heterocycles. The number of hydrogen-bond acceptors (Lipinski definition) is 8. The summed E-state index contributed by atoms with van der Waals surface area (Å²) in [4.78, 5) is 35.7. The molecule has 0 saturated heterocycles. The highest BCUT2D eigenvalue weighted by molar-refractivity contribution is 7.99. The van der Waals surface area contributed by atoms with Crippen LogP contribution in [0.2, 0.25) is 0 Å². The average Bonchev–Trinajstić information content (AvgIpc) is 3.45. The molecule has 0 unspecified atom stereocenters. The molecular formula is C20H13N5O3S2. The molecule has 0 aliphatic rings. The van der Waals surface area contributed by atoms with Gasteiger partial charge in [0.15, 0.2) is 16.0 Å². The normalized spacial score (nSPS) is 10.5. The first-order valence-electron chi connectivity index (χ1n) is 8.66. The summed E-state index contributed by atoms with van der Waals surface area (Å²) in [6.45, 7) is 0. The highest BCUT2D eigenvalue weighted by Crippen LogP contribution is 2.25. The van der Waals surface area contributed by atoms with E-state index in [1.807, 2.05) is 41.8 Å². The number of hydrogen-bond donors (Lipinski definition) is 2. The SMILES string of the molecule is N#Cc1c(-c2ccco2)nc(SCC(=O)Nc2nc(-c3ccccc3)cs2)[nH]c1=O. The van der Waals surface area contributed by atoms with Gasteiger partial charge in [-0.1, -0.05) is 42.1 Å². The minimum absolute atomic E-state index is 0.00663. The standard InChI is InChI=1S/C20H13N5O3S2/c21-9-13-17(15-7-4-8-28-15)24-20(25-18(13)27)30-11-16(26)23-19-22-14(10-29-19)12-5-2-1-3-6-12/h1-8,10H,11H2,(H,22,23,26)(H,24,25,27). The molecule has 3 aromatic heterocycles. The first kappa shape index (κ1) is 19.6. The number of carbonyl (C=O) groups excluding carboxylic acids is 1. The number of thioether (sulfide) groups is 1. The third-order valence-corrected chi connectivity index (χ3v) is 5.56. The molecule has 0 atom stereocenters. The predicted molar refractivity (Wildman–Crippen MR) is 114 cm³/mol. The van der Waals surface area contributed by atoms with Crippen LogP contribution in [0.3, 0.4) is 0 Å². The van der Waals surface area contributed by atoms with Crippen molar-refractivity contribution in [1.29, 1.82) is 5.26 Å². The lowest BCUT2D eigenvalue weighted by atomic mass is 10.2. The molecule has 0 aliphatic carbocycles. The minimum atomic E-state index is -0.589. The van der Waals surface area contributed by atoms with Crippen LogP contribution in [-0.4, -0.2) is 26.6 Å². The second-order valence-electron chi connectivity index (χ2n) is 5.92. The van der Waals surface area contributed by atoms with E-state index in [-0.39, 0.29) is 28.1 Å². The van der Waals surface area contributed by atoms with Crippen LogP contribution in [0.5, 0.6) is 0 Å². The molecule has 30 heavy (non-hydrogen) atoms. The van der Waals surface area contributed by atoms with Crippen LogP contribution in [0.15, 0.2) is 68.5 Å². The summed E-state index contributed by atoms with van der Waals surface area (Å²) in [7, 11) is 0. The maximum absolute atomic E-state index is 12.3. The molecule has 1 aromatic carbocycles. The van der Waals surface area contributed by atoms with Crippen LogP contribution in [0.4, 0.5) is 5.13 Å². The number of nitrogens with zero attached hydrogens (tertiary/aromatic N) is 3. The predicted octanol–water partition coefficient (Wildman–Crippen LogP) is 3.76. The quantitative estimate of drug-likeness (QED) is 0.349. The van der Waals surface area contributed by atoms with Crippen molar-refractivity contribution in [1.82, 2.24) is 15.0 Å². The molecule has 10 heteroatoms. The van der Waals surface area contributed by atoms with Gasteiger partial charge in [-0.05, 0) is 12.1 Å². The lowest BCUT2D eigenvalue weighted by Gasteiger charge is -2.04. The zero-order chi connectivity index (χ0) is 20.9. The van der Waals surface area contributed by atoms with Crippen LogP contribution in [-0.2, 0) is 4.79 Å². The third-order valence-electron chi connectivity index (χ3n) is 3.92. The monoisotopic (exact) mass is 435 g/mol. The average molecular weight is 435 g/mol. The molecule has 148 valence electrons. The molecule has 8 nitrogen and oxygen atoms in total. The summed E-state index contributed by atoms with van der Waals surface area (Å²) in [5.41, 5.74) is 1.16. The maximum Gasteiger partial charge on any atom is 0.270 e. The van der Waals surface area contributed by atoms with Gasteiger partial charge in [-0.2, -0.15) is 5.26 Å². The second-order valence-corrected chi connectivity index (χ2v) is 7.75. The van der Waals surface area contributed by atoms with E-state index in [1.165, 1.54) is 17.6 Å². The van der Waals surface area contributed by atoms with E-state index in [9.17, 15) is 14.9 Å². The molecule has 0 fully saturated rings. The Hall–Kier alpha value is -3.68. The van der Waals surface area contributed by atoms with E-state index in [0.29, 0.717) is 10.9 Å². The van der Waals surface area contributed by atoms with Crippen LogP contribution >= 0.6 is 23.1 Å². The van der Waals surface area contributed by atoms with E-state index < -0.39 is 5.56 Å². The zero-order valence-corrected chi connectivity index (χ0v) is 16.9. The van der Waals surface area contributed by atoms with Crippen molar-refractivity contribution in [3.8, 4) is 28.8 Å². The van der Waals surface area contributed by atoms with Crippen molar-refractivity contribution >= 4 is 34.1 Å². The van der Waals surface area contributed by atoms with Gasteiger partial charge in [-0.3, -0.25) is 9.59 Å². The largest absolute Gasteiger partial charge is 0.463 e. The Bertz CT molecular complexity index is 1270. The number of furan rings is 1. The summed E-state index contributed by atoms with van der Waals surface area (Å²) in [5.74, 6) is 0.0212. The summed E-state index contributed by atoms with van der Waals surface area (Å²) in [6.07, 6.45) is 1.43. The number of anilines is 1. The number of carbonyl (C=O) groups is 1. The van der Waals surface area contributed by atoms with E-state index >= 15 is 0 Å². The number of H-pyrrole nitrogens is 1. The third kappa shape index (κ3) is 4.32. The molecule has 2 N–H and O–H groups in total. The van der Waals surface area contributed by atoms with Gasteiger partial charge in [-0.25, -0.2) is 9.97 Å². The fourth-order valence-corrected chi connectivity index (χ4v) is 3.97. The van der Waals surface area contributed by atoms with Crippen LogP contribution in [0, 0.1) is 11.3 Å². The fraction of sp³-hybridized carbons (Fsp3) is 0.0500. The van der Waals surface area contributed by atoms with Crippen molar-refractivity contribution in [2.75, 3.05) is 11.1 Å². The first-order chi connectivity index (χ1) is 14.6. The number of thiazole rings is 1. The Balaban J connectivity index is 1.44. The van der Waals surface area contributed by atoms with Crippen LogP contribution in [0.25, 0.3) is 22.7 Å². The van der Waals surface area contributed by atoms with Crippen LogP contribution < -0.4 is 10.9 Å². The minimum Gasteiger partial charge on any atom is -0.463 e. The zero-order valence-electron chi connectivity index (χ0n) is 15.3. The summed E-state index contributed by atoms with van der Waals surface area (Å²) < 4.78 is 5.25. The lowest BCUT2D eigenvalue weighted by Crippen LogP contribution is -2.17. The van der Waals surface area contributed by atoms with Gasteiger partial charge in [0, 0.05) is 10.9 Å². The number of benzene rings is 1. The van der Waals surface area contributed by atoms with Crippen molar-refractivity contribution in [2.24, 2.45) is 0 Å². The Labute approximate surface area is 178 Å². The topological polar surface area (TPSA) is 125 Å². The van der Waals surface area contributed by atoms with Crippen molar-refractivity contribution in [3.63, 3.8) is 0 Å². The molecule has 4 aromatic rings. The molecule has 0 spiro atoms. The van der Waals surface area contributed by atoms with Gasteiger partial charge in [0.05, 0.1) is 17.7 Å². The first-order valence-corrected chi connectivity index (χ1v) is 10.5. The van der Waals surface area contributed by atoms with E-state index in [1.54, 1.807) is 12.1 Å². The molecule has 0 bridgehead atoms. The molecule has 4 rings (SSSR count). The Kier molecular flexibility index (Phi) is 5.74. The van der Waals surface area contributed by atoms with Gasteiger partial charge >= 0.3 is 0 Å². The smallest absolute Gasteiger partial charge is 0.270 e. The Morgan fingerprint density at radius 2 is 2.07 bits per heavy atom. The van der Waals surface area contributed by atoms with Crippen molar-refractivity contribution in [2.45, 2.75) is 5.16 Å². The number of nitrogens with one attached hydrogen (secondary N) is 2. The van der Waals surface area contributed by atoms with Crippen molar-refractivity contribution in [3.05, 3.63) is 70.0 Å². The number of aromatic nitrogens is 3. The summed E-state index contributed by atoms with van der Waals surface area (Å²) >= 11 is 2.37. The van der Waals surface area contributed by atoms with E-state index in [4.69, 9.17) is 4.42 Å². The molecule has 1 amide bonds. The summed E-state index contributed by atoms with van der Waals surface area (Å²) in [5, 5.41) is 14.5. The molecular weight excluding hydrogens is 422 g/mol. The van der Waals surface area contributed by atoms with E-state index in [2.05, 4.69) is 20.3 Å². The van der Waals surface area contributed by atoms with E-state index in [0.717, 1.165) is 23.0 Å². The lowest BCUT2D eigenvalue weighted by molar-refractivity contribution is -0.113. The highest BCUT2D eigenvalue weighted by atomic mass is 32.2. The van der Waals surface area contributed by atoms with Gasteiger partial charge in [0.1, 0.15) is 17.3 Å².